The minimum Gasteiger partial charge on any atom is -0.480 e. The van der Waals surface area contributed by atoms with Gasteiger partial charge in [-0.05, 0) is 36.2 Å². The largest absolute Gasteiger partial charge is 0.480 e. The Morgan fingerprint density at radius 1 is 1.14 bits per heavy atom. The molecule has 0 aliphatic heterocycles. The predicted molar refractivity (Wildman–Crippen MR) is 94.1 cm³/mol. The molecule has 1 aromatic carbocycles. The van der Waals surface area contributed by atoms with E-state index in [4.69, 9.17) is 9.84 Å². The van der Waals surface area contributed by atoms with Gasteiger partial charge in [0.2, 0.25) is 5.88 Å². The molecular formula is C19H19F3N2O4. The van der Waals surface area contributed by atoms with Crippen molar-refractivity contribution >= 4 is 11.9 Å². The molecule has 0 atom stereocenters. The van der Waals surface area contributed by atoms with E-state index in [0.29, 0.717) is 12.7 Å². The molecule has 1 N–H and O–H groups in total. The summed E-state index contributed by atoms with van der Waals surface area (Å²) in [6.07, 6.45) is -3.81. The molecule has 2 aromatic rings. The van der Waals surface area contributed by atoms with Crippen molar-refractivity contribution in [3.8, 4) is 11.6 Å². The number of amides is 1. The lowest BCUT2D eigenvalue weighted by molar-refractivity contribution is -0.138. The van der Waals surface area contributed by atoms with Gasteiger partial charge in [0.25, 0.3) is 5.91 Å². The van der Waals surface area contributed by atoms with Gasteiger partial charge in [0.05, 0.1) is 5.56 Å². The molecule has 0 radical (unpaired) electrons. The second kappa shape index (κ2) is 8.73. The molecule has 0 saturated carbocycles. The number of carboxylic acids is 1. The van der Waals surface area contributed by atoms with Crippen LogP contribution < -0.4 is 4.74 Å². The molecule has 0 spiro atoms. The summed E-state index contributed by atoms with van der Waals surface area (Å²) in [6, 6.07) is 7.78. The standard InChI is InChI=1S/C19H19F3N2O4/c1-12(2)10-24(11-17(25)26)18(27)13-3-6-15(7-4-13)28-16-8-5-14(9-23-16)19(20,21)22/h3-9,12H,10-11H2,1-2H3,(H,25,26). The van der Waals surface area contributed by atoms with Gasteiger partial charge < -0.3 is 14.7 Å². The van der Waals surface area contributed by atoms with Crippen molar-refractivity contribution in [2.24, 2.45) is 5.92 Å². The second-order valence-electron chi connectivity index (χ2n) is 6.48. The molecule has 0 aliphatic carbocycles. The minimum absolute atomic E-state index is 0.0283. The van der Waals surface area contributed by atoms with Gasteiger partial charge in [-0.15, -0.1) is 0 Å². The summed E-state index contributed by atoms with van der Waals surface area (Å²) < 4.78 is 43.0. The molecule has 0 saturated heterocycles. The zero-order chi connectivity index (χ0) is 20.9. The fraction of sp³-hybridized carbons (Fsp3) is 0.316. The van der Waals surface area contributed by atoms with Crippen LogP contribution >= 0.6 is 0 Å². The number of carboxylic acid groups (broad SMARTS) is 1. The number of halogens is 3. The monoisotopic (exact) mass is 396 g/mol. The van der Waals surface area contributed by atoms with E-state index < -0.39 is 30.2 Å². The van der Waals surface area contributed by atoms with Crippen LogP contribution in [0.1, 0.15) is 29.8 Å². The Hall–Kier alpha value is -3.10. The number of rotatable bonds is 7. The quantitative estimate of drug-likeness (QED) is 0.763. The summed E-state index contributed by atoms with van der Waals surface area (Å²) in [6.45, 7) is 3.62. The van der Waals surface area contributed by atoms with Crippen LogP contribution in [0.2, 0.25) is 0 Å². The van der Waals surface area contributed by atoms with Crippen LogP contribution in [0.3, 0.4) is 0 Å². The summed E-state index contributed by atoms with van der Waals surface area (Å²) in [5, 5.41) is 8.98. The normalized spacial score (nSPS) is 11.4. The first-order valence-corrected chi connectivity index (χ1v) is 8.38. The van der Waals surface area contributed by atoms with Crippen molar-refractivity contribution in [2.45, 2.75) is 20.0 Å². The Balaban J connectivity index is 2.09. The molecule has 0 bridgehead atoms. The lowest BCUT2D eigenvalue weighted by atomic mass is 10.1. The Labute approximate surface area is 159 Å². The molecule has 0 unspecified atom stereocenters. The molecule has 1 amide bonds. The van der Waals surface area contributed by atoms with Crippen LogP contribution in [0.5, 0.6) is 11.6 Å². The van der Waals surface area contributed by atoms with Crippen molar-refractivity contribution in [1.29, 1.82) is 0 Å². The number of carbonyl (C=O) groups excluding carboxylic acids is 1. The van der Waals surface area contributed by atoms with Gasteiger partial charge in [-0.25, -0.2) is 4.98 Å². The molecule has 28 heavy (non-hydrogen) atoms. The van der Waals surface area contributed by atoms with Crippen molar-refractivity contribution in [3.63, 3.8) is 0 Å². The van der Waals surface area contributed by atoms with Crippen LogP contribution in [0.4, 0.5) is 13.2 Å². The third kappa shape index (κ3) is 5.97. The fourth-order valence-corrected chi connectivity index (χ4v) is 2.40. The maximum atomic E-state index is 12.5. The van der Waals surface area contributed by atoms with Crippen molar-refractivity contribution in [1.82, 2.24) is 9.88 Å². The Morgan fingerprint density at radius 2 is 1.79 bits per heavy atom. The topological polar surface area (TPSA) is 79.7 Å². The van der Waals surface area contributed by atoms with Gasteiger partial charge in [-0.2, -0.15) is 13.2 Å². The number of aromatic nitrogens is 1. The number of alkyl halides is 3. The molecule has 9 heteroatoms. The fourth-order valence-electron chi connectivity index (χ4n) is 2.40. The van der Waals surface area contributed by atoms with Crippen molar-refractivity contribution in [3.05, 3.63) is 53.7 Å². The zero-order valence-electron chi connectivity index (χ0n) is 15.2. The number of benzene rings is 1. The van der Waals surface area contributed by atoms with Gasteiger partial charge >= 0.3 is 12.1 Å². The van der Waals surface area contributed by atoms with Crippen molar-refractivity contribution in [2.75, 3.05) is 13.1 Å². The van der Waals surface area contributed by atoms with E-state index in [0.717, 1.165) is 12.1 Å². The Morgan fingerprint density at radius 3 is 2.25 bits per heavy atom. The first kappa shape index (κ1) is 21.2. The van der Waals surface area contributed by atoms with Crippen LogP contribution in [0, 0.1) is 5.92 Å². The summed E-state index contributed by atoms with van der Waals surface area (Å²) in [4.78, 5) is 28.3. The number of hydrogen-bond acceptors (Lipinski definition) is 4. The molecular weight excluding hydrogens is 377 g/mol. The SMILES string of the molecule is CC(C)CN(CC(=O)O)C(=O)c1ccc(Oc2ccc(C(F)(F)F)cn2)cc1. The number of carbonyl (C=O) groups is 2. The molecule has 1 heterocycles. The molecule has 0 fully saturated rings. The first-order chi connectivity index (χ1) is 13.1. The third-order valence-corrected chi connectivity index (χ3v) is 3.59. The molecule has 2 rings (SSSR count). The summed E-state index contributed by atoms with van der Waals surface area (Å²) in [7, 11) is 0. The van der Waals surface area contributed by atoms with Gasteiger partial charge in [0.1, 0.15) is 12.3 Å². The van der Waals surface area contributed by atoms with E-state index in [-0.39, 0.29) is 23.1 Å². The van der Waals surface area contributed by atoms with Crippen LogP contribution in [-0.2, 0) is 11.0 Å². The average Bonchev–Trinajstić information content (AvgIpc) is 2.60. The molecule has 1 aromatic heterocycles. The number of ether oxygens (including phenoxy) is 1. The lowest BCUT2D eigenvalue weighted by Gasteiger charge is -2.22. The van der Waals surface area contributed by atoms with Crippen LogP contribution in [0.25, 0.3) is 0 Å². The summed E-state index contributed by atoms with van der Waals surface area (Å²) in [5.41, 5.74) is -0.612. The van der Waals surface area contributed by atoms with Gasteiger partial charge in [0.15, 0.2) is 0 Å². The van der Waals surface area contributed by atoms with Gasteiger partial charge in [0, 0.05) is 24.4 Å². The van der Waals surface area contributed by atoms with Crippen LogP contribution in [-0.4, -0.2) is 40.0 Å². The van der Waals surface area contributed by atoms with Crippen LogP contribution in [0.15, 0.2) is 42.6 Å². The van der Waals surface area contributed by atoms with E-state index in [2.05, 4.69) is 4.98 Å². The highest BCUT2D eigenvalue weighted by atomic mass is 19.4. The second-order valence-corrected chi connectivity index (χ2v) is 6.48. The first-order valence-electron chi connectivity index (χ1n) is 8.38. The van der Waals surface area contributed by atoms with Gasteiger partial charge in [-0.1, -0.05) is 13.8 Å². The molecule has 150 valence electrons. The van der Waals surface area contributed by atoms with Gasteiger partial charge in [-0.3, -0.25) is 9.59 Å². The lowest BCUT2D eigenvalue weighted by Crippen LogP contribution is -2.38. The maximum Gasteiger partial charge on any atom is 0.417 e. The number of pyridine rings is 1. The highest BCUT2D eigenvalue weighted by Crippen LogP contribution is 2.30. The number of hydrogen-bond donors (Lipinski definition) is 1. The Kier molecular flexibility index (Phi) is 6.61. The predicted octanol–water partition coefficient (Wildman–Crippen LogP) is 4.08. The Bertz CT molecular complexity index is 819. The molecule has 6 nitrogen and oxygen atoms in total. The van der Waals surface area contributed by atoms with E-state index in [9.17, 15) is 22.8 Å². The van der Waals surface area contributed by atoms with Crippen molar-refractivity contribution < 1.29 is 32.6 Å². The number of nitrogens with zero attached hydrogens (tertiary/aromatic N) is 2. The summed E-state index contributed by atoms with van der Waals surface area (Å²) >= 11 is 0. The molecule has 0 aliphatic rings. The third-order valence-electron chi connectivity index (χ3n) is 3.59. The minimum atomic E-state index is -4.48. The van der Waals surface area contributed by atoms with E-state index >= 15 is 0 Å². The zero-order valence-corrected chi connectivity index (χ0v) is 15.2. The highest BCUT2D eigenvalue weighted by Gasteiger charge is 2.30. The van der Waals surface area contributed by atoms with E-state index in [1.165, 1.54) is 29.2 Å². The summed E-state index contributed by atoms with van der Waals surface area (Å²) in [5.74, 6) is -1.20. The average molecular weight is 396 g/mol. The highest BCUT2D eigenvalue weighted by molar-refractivity contribution is 5.96. The van der Waals surface area contributed by atoms with E-state index in [1.54, 1.807) is 0 Å². The number of aliphatic carboxylic acids is 1. The van der Waals surface area contributed by atoms with E-state index in [1.807, 2.05) is 13.8 Å². The maximum absolute atomic E-state index is 12.5. The smallest absolute Gasteiger partial charge is 0.417 e.